The van der Waals surface area contributed by atoms with Gasteiger partial charge in [-0.1, -0.05) is 19.1 Å². The predicted octanol–water partition coefficient (Wildman–Crippen LogP) is 2.11. The zero-order chi connectivity index (χ0) is 14.5. The molecule has 1 amide bonds. The molecule has 0 radical (unpaired) electrons. The summed E-state index contributed by atoms with van der Waals surface area (Å²) in [5.41, 5.74) is 2.20. The molecule has 110 valence electrons. The minimum absolute atomic E-state index is 0.231. The molecule has 4 heteroatoms. The number of carbonyl (C=O) groups excluding carboxylic acids is 1. The molecular formula is C16H25N3O. The maximum absolute atomic E-state index is 12.5. The van der Waals surface area contributed by atoms with Crippen molar-refractivity contribution in [2.75, 3.05) is 43.5 Å². The number of nitrogens with zero attached hydrogens (tertiary/aromatic N) is 2. The van der Waals surface area contributed by atoms with Gasteiger partial charge in [0.2, 0.25) is 5.91 Å². The molecule has 1 aromatic rings. The van der Waals surface area contributed by atoms with Crippen molar-refractivity contribution < 1.29 is 4.79 Å². The smallest absolute Gasteiger partial charge is 0.227 e. The summed E-state index contributed by atoms with van der Waals surface area (Å²) in [6.07, 6.45) is 1.49. The summed E-state index contributed by atoms with van der Waals surface area (Å²) in [6.45, 7) is 4.88. The molecule has 0 spiro atoms. The number of nitrogens with one attached hydrogen (secondary N) is 1. The Morgan fingerprint density at radius 1 is 1.30 bits per heavy atom. The number of hydrogen-bond donors (Lipinski definition) is 1. The molecule has 0 bridgehead atoms. The Bertz CT molecular complexity index is 461. The first-order valence-electron chi connectivity index (χ1n) is 7.38. The zero-order valence-electron chi connectivity index (χ0n) is 12.7. The number of para-hydroxylation sites is 2. The van der Waals surface area contributed by atoms with E-state index in [2.05, 4.69) is 36.3 Å². The summed E-state index contributed by atoms with van der Waals surface area (Å²) in [7, 11) is 4.02. The molecule has 0 aromatic heterocycles. The van der Waals surface area contributed by atoms with Gasteiger partial charge in [0.05, 0.1) is 11.4 Å². The highest BCUT2D eigenvalue weighted by molar-refractivity contribution is 5.97. The number of carbonyl (C=O) groups is 1. The molecule has 1 aliphatic rings. The van der Waals surface area contributed by atoms with Crippen LogP contribution in [0.2, 0.25) is 0 Å². The van der Waals surface area contributed by atoms with E-state index in [0.29, 0.717) is 12.3 Å². The SMILES string of the molecule is CNCCCC(=O)N1CC(C)CN(C)c2ccccc21. The average Bonchev–Trinajstić information content (AvgIpc) is 2.56. The van der Waals surface area contributed by atoms with Crippen LogP contribution in [0.3, 0.4) is 0 Å². The average molecular weight is 275 g/mol. The normalized spacial score (nSPS) is 18.6. The minimum Gasteiger partial charge on any atom is -0.373 e. The summed E-state index contributed by atoms with van der Waals surface area (Å²) in [5, 5.41) is 3.09. The lowest BCUT2D eigenvalue weighted by molar-refractivity contribution is -0.118. The summed E-state index contributed by atoms with van der Waals surface area (Å²) in [6, 6.07) is 8.20. The van der Waals surface area contributed by atoms with Gasteiger partial charge in [-0.05, 0) is 38.1 Å². The summed E-state index contributed by atoms with van der Waals surface area (Å²) in [4.78, 5) is 16.7. The fraction of sp³-hybridized carbons (Fsp3) is 0.562. The van der Waals surface area contributed by atoms with Gasteiger partial charge in [-0.25, -0.2) is 0 Å². The van der Waals surface area contributed by atoms with Gasteiger partial charge in [-0.15, -0.1) is 0 Å². The van der Waals surface area contributed by atoms with Crippen molar-refractivity contribution in [2.45, 2.75) is 19.8 Å². The highest BCUT2D eigenvalue weighted by atomic mass is 16.2. The highest BCUT2D eigenvalue weighted by Crippen LogP contribution is 2.32. The van der Waals surface area contributed by atoms with Gasteiger partial charge in [0.1, 0.15) is 0 Å². The van der Waals surface area contributed by atoms with Crippen LogP contribution in [0.4, 0.5) is 11.4 Å². The number of fused-ring (bicyclic) bond motifs is 1. The highest BCUT2D eigenvalue weighted by Gasteiger charge is 2.25. The quantitative estimate of drug-likeness (QED) is 0.855. The van der Waals surface area contributed by atoms with Gasteiger partial charge in [0.15, 0.2) is 0 Å². The largest absolute Gasteiger partial charge is 0.373 e. The van der Waals surface area contributed by atoms with E-state index in [9.17, 15) is 4.79 Å². The Balaban J connectivity index is 2.22. The van der Waals surface area contributed by atoms with E-state index in [1.54, 1.807) is 0 Å². The maximum Gasteiger partial charge on any atom is 0.227 e. The Kier molecular flexibility index (Phi) is 5.01. The fourth-order valence-corrected chi connectivity index (χ4v) is 2.84. The topological polar surface area (TPSA) is 35.6 Å². The second-order valence-electron chi connectivity index (χ2n) is 5.69. The van der Waals surface area contributed by atoms with Crippen LogP contribution < -0.4 is 15.1 Å². The molecule has 4 nitrogen and oxygen atoms in total. The second kappa shape index (κ2) is 6.75. The van der Waals surface area contributed by atoms with Gasteiger partial charge in [-0.2, -0.15) is 0 Å². The van der Waals surface area contributed by atoms with Crippen molar-refractivity contribution in [2.24, 2.45) is 5.92 Å². The second-order valence-corrected chi connectivity index (χ2v) is 5.69. The third-order valence-electron chi connectivity index (χ3n) is 3.78. The molecule has 1 unspecified atom stereocenters. The Hall–Kier alpha value is -1.55. The predicted molar refractivity (Wildman–Crippen MR) is 84.4 cm³/mol. The molecule has 0 aliphatic carbocycles. The van der Waals surface area contributed by atoms with Gasteiger partial charge in [-0.3, -0.25) is 4.79 Å². The lowest BCUT2D eigenvalue weighted by Crippen LogP contribution is -2.35. The van der Waals surface area contributed by atoms with Gasteiger partial charge in [0, 0.05) is 26.6 Å². The van der Waals surface area contributed by atoms with Gasteiger partial charge < -0.3 is 15.1 Å². The number of hydrogen-bond acceptors (Lipinski definition) is 3. The van der Waals surface area contributed by atoms with Crippen LogP contribution in [0.15, 0.2) is 24.3 Å². The molecule has 1 atom stereocenters. The summed E-state index contributed by atoms with van der Waals surface area (Å²) < 4.78 is 0. The molecule has 2 rings (SSSR count). The van der Waals surface area contributed by atoms with E-state index in [4.69, 9.17) is 0 Å². The molecule has 1 aliphatic heterocycles. The molecule has 1 aromatic carbocycles. The van der Waals surface area contributed by atoms with Crippen molar-refractivity contribution >= 4 is 17.3 Å². The van der Waals surface area contributed by atoms with Crippen molar-refractivity contribution in [3.8, 4) is 0 Å². The zero-order valence-corrected chi connectivity index (χ0v) is 12.7. The Morgan fingerprint density at radius 3 is 2.70 bits per heavy atom. The van der Waals surface area contributed by atoms with E-state index in [1.165, 1.54) is 0 Å². The Labute approximate surface area is 121 Å². The molecular weight excluding hydrogens is 250 g/mol. The van der Waals surface area contributed by atoms with Crippen LogP contribution in [0, 0.1) is 5.92 Å². The van der Waals surface area contributed by atoms with Gasteiger partial charge >= 0.3 is 0 Å². The Morgan fingerprint density at radius 2 is 2.00 bits per heavy atom. The van der Waals surface area contributed by atoms with Crippen molar-refractivity contribution in [1.82, 2.24) is 5.32 Å². The number of anilines is 2. The van der Waals surface area contributed by atoms with Crippen LogP contribution in [-0.2, 0) is 4.79 Å². The van der Waals surface area contributed by atoms with Crippen molar-refractivity contribution in [1.29, 1.82) is 0 Å². The van der Waals surface area contributed by atoms with E-state index in [-0.39, 0.29) is 5.91 Å². The van der Waals surface area contributed by atoms with Crippen LogP contribution in [0.25, 0.3) is 0 Å². The van der Waals surface area contributed by atoms with E-state index >= 15 is 0 Å². The molecule has 0 fully saturated rings. The lowest BCUT2D eigenvalue weighted by atomic mass is 10.1. The molecule has 1 N–H and O–H groups in total. The van der Waals surface area contributed by atoms with Crippen LogP contribution in [0.1, 0.15) is 19.8 Å². The molecule has 1 heterocycles. The first kappa shape index (κ1) is 14.9. The van der Waals surface area contributed by atoms with Crippen LogP contribution in [0.5, 0.6) is 0 Å². The third kappa shape index (κ3) is 3.31. The minimum atomic E-state index is 0.231. The van der Waals surface area contributed by atoms with Gasteiger partial charge in [0.25, 0.3) is 0 Å². The van der Waals surface area contributed by atoms with Crippen LogP contribution >= 0.6 is 0 Å². The van der Waals surface area contributed by atoms with Crippen molar-refractivity contribution in [3.63, 3.8) is 0 Å². The standard InChI is InChI=1S/C16H25N3O/c1-13-11-18(3)14-7-4-5-8-15(14)19(12-13)16(20)9-6-10-17-2/h4-5,7-8,13,17H,6,9-12H2,1-3H3. The first-order chi connectivity index (χ1) is 9.63. The van der Waals surface area contributed by atoms with E-state index in [1.807, 2.05) is 24.1 Å². The van der Waals surface area contributed by atoms with E-state index < -0.39 is 0 Å². The number of rotatable bonds is 4. The first-order valence-corrected chi connectivity index (χ1v) is 7.38. The third-order valence-corrected chi connectivity index (χ3v) is 3.78. The van der Waals surface area contributed by atoms with Crippen LogP contribution in [-0.4, -0.2) is 39.6 Å². The van der Waals surface area contributed by atoms with E-state index in [0.717, 1.165) is 37.4 Å². The number of amides is 1. The maximum atomic E-state index is 12.5. The molecule has 0 saturated carbocycles. The fourth-order valence-electron chi connectivity index (χ4n) is 2.84. The molecule has 20 heavy (non-hydrogen) atoms. The monoisotopic (exact) mass is 275 g/mol. The number of benzene rings is 1. The molecule has 0 saturated heterocycles. The van der Waals surface area contributed by atoms with Crippen molar-refractivity contribution in [3.05, 3.63) is 24.3 Å². The summed E-state index contributed by atoms with van der Waals surface area (Å²) in [5.74, 6) is 0.704. The summed E-state index contributed by atoms with van der Waals surface area (Å²) >= 11 is 0. The lowest BCUT2D eigenvalue weighted by Gasteiger charge is -2.24.